The molecule has 0 bridgehead atoms. The van der Waals surface area contributed by atoms with E-state index in [2.05, 4.69) is 10.3 Å². The first-order chi connectivity index (χ1) is 3.66. The number of carbonyl (C=O) groups excluding carboxylic acids is 1. The van der Waals surface area contributed by atoms with Crippen LogP contribution < -0.4 is 11.1 Å². The van der Waals surface area contributed by atoms with Crippen LogP contribution >= 0.6 is 0 Å². The number of urea groups is 1. The molecule has 0 atom stereocenters. The van der Waals surface area contributed by atoms with Crippen LogP contribution in [0.3, 0.4) is 0 Å². The number of rotatable bonds is 0. The zero-order valence-electron chi connectivity index (χ0n) is 4.93. The maximum atomic E-state index is 9.96. The molecule has 0 aromatic carbocycles. The summed E-state index contributed by atoms with van der Waals surface area (Å²) >= 11 is 0. The lowest BCUT2D eigenvalue weighted by atomic mass is 10.7. The Balaban J connectivity index is 3.75. The molecule has 0 saturated heterocycles. The summed E-state index contributed by atoms with van der Waals surface area (Å²) in [6.45, 7) is 1.66. The fraction of sp³-hybridized carbons (Fsp3) is 0.500. The second-order valence-electron chi connectivity index (χ2n) is 1.29. The first kappa shape index (κ1) is 6.94. The molecular weight excluding hydrogens is 106 g/mol. The van der Waals surface area contributed by atoms with Gasteiger partial charge in [-0.3, -0.25) is 0 Å². The van der Waals surface area contributed by atoms with E-state index in [0.29, 0.717) is 5.84 Å². The number of nitrogens with two attached hydrogens (primary N) is 1. The van der Waals surface area contributed by atoms with Gasteiger partial charge in [-0.1, -0.05) is 0 Å². The first-order valence-electron chi connectivity index (χ1n) is 2.19. The summed E-state index contributed by atoms with van der Waals surface area (Å²) in [5.41, 5.74) is 4.70. The summed E-state index contributed by atoms with van der Waals surface area (Å²) in [5, 5.41) is 2.65. The fourth-order valence-electron chi connectivity index (χ4n) is 0.221. The van der Waals surface area contributed by atoms with E-state index in [4.69, 9.17) is 5.73 Å². The van der Waals surface area contributed by atoms with Crippen molar-refractivity contribution in [1.29, 1.82) is 0 Å². The van der Waals surface area contributed by atoms with Crippen LogP contribution in [0.4, 0.5) is 4.79 Å². The van der Waals surface area contributed by atoms with Gasteiger partial charge >= 0.3 is 6.03 Å². The van der Waals surface area contributed by atoms with Crippen molar-refractivity contribution in [3.8, 4) is 0 Å². The minimum Gasteiger partial charge on any atom is -0.377 e. The van der Waals surface area contributed by atoms with E-state index < -0.39 is 6.03 Å². The molecule has 3 N–H and O–H groups in total. The SMILES string of the molecule is CN/C(C)=N\C(N)=O. The molecule has 46 valence electrons. The second-order valence-corrected chi connectivity index (χ2v) is 1.29. The Morgan fingerprint density at radius 1 is 1.75 bits per heavy atom. The smallest absolute Gasteiger partial charge is 0.339 e. The van der Waals surface area contributed by atoms with E-state index in [1.165, 1.54) is 0 Å². The third kappa shape index (κ3) is 3.14. The molecular formula is C4H9N3O. The van der Waals surface area contributed by atoms with Gasteiger partial charge in [0.1, 0.15) is 5.84 Å². The molecule has 0 aromatic rings. The standard InChI is InChI=1S/C4H9N3O/c1-3(6-2)7-4(5)8/h1-2H3,(H3,5,6,7,8). The highest BCUT2D eigenvalue weighted by Crippen LogP contribution is 1.69. The average Bonchev–Trinajstić information content (AvgIpc) is 1.65. The Hall–Kier alpha value is -1.06. The first-order valence-corrected chi connectivity index (χ1v) is 2.19. The normalized spacial score (nSPS) is 11.0. The van der Waals surface area contributed by atoms with E-state index in [9.17, 15) is 4.79 Å². The van der Waals surface area contributed by atoms with E-state index in [1.54, 1.807) is 14.0 Å². The van der Waals surface area contributed by atoms with Crippen LogP contribution in [-0.4, -0.2) is 18.9 Å². The maximum absolute atomic E-state index is 9.96. The highest BCUT2D eigenvalue weighted by Gasteiger charge is 1.86. The van der Waals surface area contributed by atoms with Gasteiger partial charge in [0.05, 0.1) is 0 Å². The van der Waals surface area contributed by atoms with Crippen molar-refractivity contribution in [1.82, 2.24) is 5.32 Å². The van der Waals surface area contributed by atoms with Gasteiger partial charge in [0.25, 0.3) is 0 Å². The van der Waals surface area contributed by atoms with Crippen LogP contribution in [-0.2, 0) is 0 Å². The van der Waals surface area contributed by atoms with E-state index in [0.717, 1.165) is 0 Å². The van der Waals surface area contributed by atoms with Crippen molar-refractivity contribution < 1.29 is 4.79 Å². The highest BCUT2D eigenvalue weighted by molar-refractivity contribution is 5.91. The summed E-state index contributed by atoms with van der Waals surface area (Å²) in [4.78, 5) is 13.3. The Labute approximate surface area is 47.8 Å². The van der Waals surface area contributed by atoms with Gasteiger partial charge in [-0.15, -0.1) is 0 Å². The van der Waals surface area contributed by atoms with E-state index >= 15 is 0 Å². The summed E-state index contributed by atoms with van der Waals surface area (Å²) < 4.78 is 0. The summed E-state index contributed by atoms with van der Waals surface area (Å²) in [7, 11) is 1.67. The monoisotopic (exact) mass is 115 g/mol. The van der Waals surface area contributed by atoms with Crippen LogP contribution in [0.2, 0.25) is 0 Å². The number of amidine groups is 1. The van der Waals surface area contributed by atoms with Crippen molar-refractivity contribution >= 4 is 11.9 Å². The Morgan fingerprint density at radius 2 is 2.25 bits per heavy atom. The Morgan fingerprint density at radius 3 is 2.38 bits per heavy atom. The molecule has 0 saturated carbocycles. The summed E-state index contributed by atoms with van der Waals surface area (Å²) in [5.74, 6) is 0.525. The maximum Gasteiger partial charge on any atom is 0.339 e. The molecule has 8 heavy (non-hydrogen) atoms. The summed E-state index contributed by atoms with van der Waals surface area (Å²) in [6, 6.07) is -0.670. The van der Waals surface area contributed by atoms with Gasteiger partial charge in [-0.25, -0.2) is 4.79 Å². The van der Waals surface area contributed by atoms with Crippen molar-refractivity contribution in [3.63, 3.8) is 0 Å². The van der Waals surface area contributed by atoms with Crippen LogP contribution in [0.5, 0.6) is 0 Å². The molecule has 2 amide bonds. The molecule has 0 aliphatic carbocycles. The quantitative estimate of drug-likeness (QED) is 0.336. The predicted octanol–water partition coefficient (Wildman–Crippen LogP) is -0.297. The lowest BCUT2D eigenvalue weighted by Crippen LogP contribution is -2.18. The van der Waals surface area contributed by atoms with Crippen molar-refractivity contribution in [2.24, 2.45) is 10.7 Å². The number of amides is 2. The number of primary amides is 1. The zero-order valence-corrected chi connectivity index (χ0v) is 4.93. The van der Waals surface area contributed by atoms with Gasteiger partial charge in [-0.2, -0.15) is 4.99 Å². The number of hydrogen-bond donors (Lipinski definition) is 2. The number of nitrogens with zero attached hydrogens (tertiary/aromatic N) is 1. The average molecular weight is 115 g/mol. The number of aliphatic imine (C=N–C) groups is 1. The van der Waals surface area contributed by atoms with Gasteiger partial charge in [0, 0.05) is 7.05 Å². The third-order valence-electron chi connectivity index (χ3n) is 0.640. The van der Waals surface area contributed by atoms with E-state index in [-0.39, 0.29) is 0 Å². The third-order valence-corrected chi connectivity index (χ3v) is 0.640. The molecule has 0 spiro atoms. The highest BCUT2D eigenvalue weighted by atomic mass is 16.2. The second kappa shape index (κ2) is 3.01. The molecule has 4 heteroatoms. The topological polar surface area (TPSA) is 67.5 Å². The lowest BCUT2D eigenvalue weighted by molar-refractivity contribution is 0.256. The number of nitrogens with one attached hydrogen (secondary N) is 1. The van der Waals surface area contributed by atoms with E-state index in [1.807, 2.05) is 0 Å². The molecule has 0 fully saturated rings. The van der Waals surface area contributed by atoms with Gasteiger partial charge < -0.3 is 11.1 Å². The molecule has 0 aliphatic rings. The van der Waals surface area contributed by atoms with Crippen molar-refractivity contribution in [3.05, 3.63) is 0 Å². The predicted molar refractivity (Wildman–Crippen MR) is 31.8 cm³/mol. The number of carbonyl (C=O) groups is 1. The van der Waals surface area contributed by atoms with Crippen LogP contribution in [0.25, 0.3) is 0 Å². The largest absolute Gasteiger partial charge is 0.377 e. The van der Waals surface area contributed by atoms with Crippen LogP contribution in [0.1, 0.15) is 6.92 Å². The zero-order chi connectivity index (χ0) is 6.57. The fourth-order valence-corrected chi connectivity index (χ4v) is 0.221. The van der Waals surface area contributed by atoms with Gasteiger partial charge in [-0.05, 0) is 6.92 Å². The minimum absolute atomic E-state index is 0.525. The van der Waals surface area contributed by atoms with Crippen LogP contribution in [0.15, 0.2) is 4.99 Å². The number of hydrogen-bond acceptors (Lipinski definition) is 1. The van der Waals surface area contributed by atoms with Gasteiger partial charge in [0.2, 0.25) is 0 Å². The molecule has 0 radical (unpaired) electrons. The minimum atomic E-state index is -0.670. The Kier molecular flexibility index (Phi) is 2.61. The molecule has 0 heterocycles. The molecule has 0 rings (SSSR count). The molecule has 0 aliphatic heterocycles. The molecule has 0 aromatic heterocycles. The van der Waals surface area contributed by atoms with Crippen molar-refractivity contribution in [2.45, 2.75) is 6.92 Å². The lowest BCUT2D eigenvalue weighted by Gasteiger charge is -1.91. The summed E-state index contributed by atoms with van der Waals surface area (Å²) in [6.07, 6.45) is 0. The Bertz CT molecular complexity index is 118. The van der Waals surface area contributed by atoms with Crippen LogP contribution in [0, 0.1) is 0 Å². The van der Waals surface area contributed by atoms with Gasteiger partial charge in [0.15, 0.2) is 0 Å². The molecule has 4 nitrogen and oxygen atoms in total. The molecule has 0 unspecified atom stereocenters. The van der Waals surface area contributed by atoms with Crippen molar-refractivity contribution in [2.75, 3.05) is 7.05 Å².